The van der Waals surface area contributed by atoms with Gasteiger partial charge >= 0.3 is 0 Å². The van der Waals surface area contributed by atoms with Crippen LogP contribution in [-0.4, -0.2) is 24.5 Å². The summed E-state index contributed by atoms with van der Waals surface area (Å²) in [5.41, 5.74) is 1.83. The second-order valence-corrected chi connectivity index (χ2v) is 7.80. The van der Waals surface area contributed by atoms with Crippen LogP contribution in [0.1, 0.15) is 48.9 Å². The van der Waals surface area contributed by atoms with Crippen LogP contribution in [0.3, 0.4) is 0 Å². The number of halogens is 1. The Bertz CT molecular complexity index is 749. The van der Waals surface area contributed by atoms with Crippen LogP contribution in [0.25, 0.3) is 0 Å². The number of aliphatic imine (C=N–C) groups is 1. The zero-order valence-electron chi connectivity index (χ0n) is 15.0. The minimum atomic E-state index is -0.117. The van der Waals surface area contributed by atoms with Crippen LogP contribution >= 0.6 is 11.3 Å². The molecule has 4 nitrogen and oxygen atoms in total. The number of aromatic nitrogens is 1. The van der Waals surface area contributed by atoms with Crippen molar-refractivity contribution >= 4 is 17.3 Å². The lowest BCUT2D eigenvalue weighted by atomic mass is 9.95. The Morgan fingerprint density at radius 1 is 1.32 bits per heavy atom. The molecule has 0 aliphatic heterocycles. The van der Waals surface area contributed by atoms with Gasteiger partial charge < -0.3 is 10.6 Å². The average Bonchev–Trinajstić information content (AvgIpc) is 3.23. The second-order valence-electron chi connectivity index (χ2n) is 6.86. The fourth-order valence-corrected chi connectivity index (χ4v) is 3.78. The number of hydrogen-bond donors (Lipinski definition) is 2. The molecule has 1 aromatic heterocycles. The number of guanidine groups is 1. The molecule has 134 valence electrons. The van der Waals surface area contributed by atoms with E-state index in [1.165, 1.54) is 6.07 Å². The molecule has 2 N–H and O–H groups in total. The normalized spacial score (nSPS) is 16.1. The molecule has 2 aromatic rings. The lowest BCUT2D eigenvalue weighted by Crippen LogP contribution is -2.41. The van der Waals surface area contributed by atoms with Crippen molar-refractivity contribution in [2.75, 3.05) is 13.6 Å². The molecule has 0 amide bonds. The topological polar surface area (TPSA) is 49.3 Å². The van der Waals surface area contributed by atoms with Crippen molar-refractivity contribution in [2.24, 2.45) is 4.99 Å². The number of benzene rings is 1. The van der Waals surface area contributed by atoms with E-state index < -0.39 is 0 Å². The molecule has 1 aliphatic carbocycles. The summed E-state index contributed by atoms with van der Waals surface area (Å²) in [6.45, 7) is 5.61. The van der Waals surface area contributed by atoms with E-state index in [0.29, 0.717) is 19.0 Å². The summed E-state index contributed by atoms with van der Waals surface area (Å²) in [4.78, 5) is 8.89. The van der Waals surface area contributed by atoms with Gasteiger partial charge in [0.1, 0.15) is 10.8 Å². The first-order valence-electron chi connectivity index (χ1n) is 8.68. The van der Waals surface area contributed by atoms with E-state index in [4.69, 9.17) is 0 Å². The Balaban J connectivity index is 1.55. The van der Waals surface area contributed by atoms with E-state index in [9.17, 15) is 4.39 Å². The van der Waals surface area contributed by atoms with E-state index >= 15 is 0 Å². The van der Waals surface area contributed by atoms with E-state index in [-0.39, 0.29) is 11.2 Å². The Hall–Kier alpha value is -1.95. The smallest absolute Gasteiger partial charge is 0.191 e. The molecule has 1 heterocycles. The van der Waals surface area contributed by atoms with Gasteiger partial charge in [-0.25, -0.2) is 9.37 Å². The minimum absolute atomic E-state index is 0.102. The molecule has 0 bridgehead atoms. The van der Waals surface area contributed by atoms with Crippen LogP contribution in [0, 0.1) is 5.82 Å². The molecule has 3 rings (SSSR count). The number of hydrogen-bond acceptors (Lipinski definition) is 3. The quantitative estimate of drug-likeness (QED) is 0.608. The van der Waals surface area contributed by atoms with Gasteiger partial charge in [-0.1, -0.05) is 32.0 Å². The zero-order valence-corrected chi connectivity index (χ0v) is 15.8. The minimum Gasteiger partial charge on any atom is -0.356 e. The van der Waals surface area contributed by atoms with Crippen LogP contribution in [0.4, 0.5) is 4.39 Å². The number of nitrogens with zero attached hydrogens (tertiary/aromatic N) is 2. The maximum Gasteiger partial charge on any atom is 0.191 e. The van der Waals surface area contributed by atoms with E-state index in [1.54, 1.807) is 24.5 Å². The van der Waals surface area contributed by atoms with Crippen molar-refractivity contribution in [1.29, 1.82) is 0 Å². The SMILES string of the molecule is CN=C(NCc1nc(C(C)C)cs1)NCC1(c2ccccc2F)CC1. The summed E-state index contributed by atoms with van der Waals surface area (Å²) in [5, 5.41) is 9.79. The van der Waals surface area contributed by atoms with Crippen molar-refractivity contribution in [3.8, 4) is 0 Å². The summed E-state index contributed by atoms with van der Waals surface area (Å²) in [6.07, 6.45) is 2.00. The molecule has 1 aromatic carbocycles. The van der Waals surface area contributed by atoms with Crippen LogP contribution in [0.15, 0.2) is 34.6 Å². The Labute approximate surface area is 152 Å². The van der Waals surface area contributed by atoms with Gasteiger partial charge in [0.15, 0.2) is 5.96 Å². The highest BCUT2D eigenvalue weighted by Gasteiger charge is 2.45. The highest BCUT2D eigenvalue weighted by atomic mass is 32.1. The van der Waals surface area contributed by atoms with Gasteiger partial charge in [-0.15, -0.1) is 11.3 Å². The summed E-state index contributed by atoms with van der Waals surface area (Å²) >= 11 is 1.66. The highest BCUT2D eigenvalue weighted by molar-refractivity contribution is 7.09. The highest BCUT2D eigenvalue weighted by Crippen LogP contribution is 2.48. The number of thiazole rings is 1. The molecule has 1 fully saturated rings. The van der Waals surface area contributed by atoms with Crippen molar-refractivity contribution in [3.63, 3.8) is 0 Å². The van der Waals surface area contributed by atoms with Crippen molar-refractivity contribution in [2.45, 2.75) is 44.6 Å². The molecule has 0 atom stereocenters. The molecule has 0 radical (unpaired) electrons. The van der Waals surface area contributed by atoms with E-state index in [1.807, 2.05) is 12.1 Å². The Morgan fingerprint density at radius 2 is 2.08 bits per heavy atom. The third kappa shape index (κ3) is 4.18. The van der Waals surface area contributed by atoms with E-state index in [2.05, 4.69) is 39.8 Å². The maximum atomic E-state index is 14.1. The van der Waals surface area contributed by atoms with Gasteiger partial charge in [0.25, 0.3) is 0 Å². The first-order chi connectivity index (χ1) is 12.0. The van der Waals surface area contributed by atoms with Gasteiger partial charge in [-0.2, -0.15) is 0 Å². The molecule has 0 unspecified atom stereocenters. The lowest BCUT2D eigenvalue weighted by Gasteiger charge is -2.19. The zero-order chi connectivity index (χ0) is 17.9. The standard InChI is InChI=1S/C19H25FN4S/c1-13(2)16-11-25-17(24-16)10-22-18(21-3)23-12-19(8-9-19)14-6-4-5-7-15(14)20/h4-7,11,13H,8-10,12H2,1-3H3,(H2,21,22,23). The van der Waals surface area contributed by atoms with Crippen LogP contribution in [0.5, 0.6) is 0 Å². The Morgan fingerprint density at radius 3 is 2.68 bits per heavy atom. The molecule has 0 spiro atoms. The number of rotatable bonds is 6. The van der Waals surface area contributed by atoms with Crippen LogP contribution < -0.4 is 10.6 Å². The third-order valence-corrected chi connectivity index (χ3v) is 5.55. The van der Waals surface area contributed by atoms with E-state index in [0.717, 1.165) is 35.1 Å². The molecular weight excluding hydrogens is 335 g/mol. The van der Waals surface area contributed by atoms with Crippen LogP contribution in [-0.2, 0) is 12.0 Å². The van der Waals surface area contributed by atoms with Crippen molar-refractivity contribution < 1.29 is 4.39 Å². The van der Waals surface area contributed by atoms with Crippen molar-refractivity contribution in [1.82, 2.24) is 15.6 Å². The summed E-state index contributed by atoms with van der Waals surface area (Å²) < 4.78 is 14.1. The molecule has 6 heteroatoms. The lowest BCUT2D eigenvalue weighted by molar-refractivity contribution is 0.559. The summed E-state index contributed by atoms with van der Waals surface area (Å²) in [7, 11) is 1.75. The monoisotopic (exact) mass is 360 g/mol. The van der Waals surface area contributed by atoms with Gasteiger partial charge in [-0.05, 0) is 30.4 Å². The van der Waals surface area contributed by atoms with Gasteiger partial charge in [0.05, 0.1) is 12.2 Å². The fraction of sp³-hybridized carbons (Fsp3) is 0.474. The molecular formula is C19H25FN4S. The summed E-state index contributed by atoms with van der Waals surface area (Å²) in [6, 6.07) is 7.07. The summed E-state index contributed by atoms with van der Waals surface area (Å²) in [5.74, 6) is 1.05. The molecule has 1 saturated carbocycles. The van der Waals surface area contributed by atoms with Gasteiger partial charge in [0.2, 0.25) is 0 Å². The Kier molecular flexibility index (Phi) is 5.37. The largest absolute Gasteiger partial charge is 0.356 e. The molecule has 25 heavy (non-hydrogen) atoms. The fourth-order valence-electron chi connectivity index (χ4n) is 2.89. The molecule has 0 saturated heterocycles. The van der Waals surface area contributed by atoms with Crippen LogP contribution in [0.2, 0.25) is 0 Å². The first-order valence-corrected chi connectivity index (χ1v) is 9.56. The molecule has 1 aliphatic rings. The predicted molar refractivity (Wildman–Crippen MR) is 102 cm³/mol. The average molecular weight is 361 g/mol. The van der Waals surface area contributed by atoms with Gasteiger partial charge in [0, 0.05) is 24.4 Å². The third-order valence-electron chi connectivity index (χ3n) is 4.68. The van der Waals surface area contributed by atoms with Crippen molar-refractivity contribution in [3.05, 3.63) is 51.7 Å². The maximum absolute atomic E-state index is 14.1. The van der Waals surface area contributed by atoms with Gasteiger partial charge in [-0.3, -0.25) is 4.99 Å². The first kappa shape index (κ1) is 17.9. The predicted octanol–water partition coefficient (Wildman–Crippen LogP) is 3.80. The second kappa shape index (κ2) is 7.52. The number of nitrogens with one attached hydrogen (secondary N) is 2.